The van der Waals surface area contributed by atoms with E-state index >= 15 is 0 Å². The number of aliphatic hydroxyl groups excluding tert-OH is 1. The lowest BCUT2D eigenvalue weighted by molar-refractivity contribution is -0.140. The number of carbonyl (C=O) groups is 1. The minimum absolute atomic E-state index is 0.0126. The van der Waals surface area contributed by atoms with Crippen LogP contribution >= 0.6 is 0 Å². The summed E-state index contributed by atoms with van der Waals surface area (Å²) < 4.78 is 24.6. The Labute approximate surface area is 87.6 Å². The smallest absolute Gasteiger partial charge is 0.322 e. The van der Waals surface area contributed by atoms with E-state index in [9.17, 15) is 18.3 Å². The number of rotatable bonds is 3. The van der Waals surface area contributed by atoms with Gasteiger partial charge in [0.2, 0.25) is 10.0 Å². The molecule has 0 amide bonds. The minimum atomic E-state index is -3.50. The van der Waals surface area contributed by atoms with Gasteiger partial charge < -0.3 is 10.2 Å². The molecule has 0 spiro atoms. The minimum Gasteiger partial charge on any atom is -0.480 e. The van der Waals surface area contributed by atoms with Gasteiger partial charge >= 0.3 is 5.97 Å². The third-order valence-corrected chi connectivity index (χ3v) is 5.16. The van der Waals surface area contributed by atoms with Crippen LogP contribution in [0.5, 0.6) is 0 Å². The van der Waals surface area contributed by atoms with Gasteiger partial charge in [-0.2, -0.15) is 4.31 Å². The Morgan fingerprint density at radius 3 is 2.40 bits per heavy atom. The number of aliphatic hydroxyl groups is 1. The Morgan fingerprint density at radius 1 is 1.33 bits per heavy atom. The number of nitrogens with zero attached hydrogens (tertiary/aromatic N) is 1. The summed E-state index contributed by atoms with van der Waals surface area (Å²) in [7, 11) is -3.50. The molecule has 0 unspecified atom stereocenters. The van der Waals surface area contributed by atoms with Gasteiger partial charge in [0.05, 0.1) is 11.4 Å². The second-order valence-electron chi connectivity index (χ2n) is 4.06. The highest BCUT2D eigenvalue weighted by atomic mass is 32.2. The zero-order chi connectivity index (χ0) is 11.2. The van der Waals surface area contributed by atoms with Crippen molar-refractivity contribution in [3.8, 4) is 0 Å². The molecule has 15 heavy (non-hydrogen) atoms. The topological polar surface area (TPSA) is 94.9 Å². The Morgan fingerprint density at radius 2 is 1.93 bits per heavy atom. The Hall–Kier alpha value is -0.660. The summed E-state index contributed by atoms with van der Waals surface area (Å²) in [5.74, 6) is -1.18. The quantitative estimate of drug-likeness (QED) is 0.654. The molecule has 2 N–H and O–H groups in total. The number of carboxylic acids is 1. The molecule has 1 heterocycles. The lowest BCUT2D eigenvalue weighted by Gasteiger charge is -2.20. The van der Waals surface area contributed by atoms with Crippen molar-refractivity contribution >= 4 is 16.0 Å². The third-order valence-electron chi connectivity index (χ3n) is 2.79. The first-order valence-corrected chi connectivity index (χ1v) is 6.35. The van der Waals surface area contributed by atoms with Crippen molar-refractivity contribution < 1.29 is 23.4 Å². The van der Waals surface area contributed by atoms with Gasteiger partial charge in [0.1, 0.15) is 6.04 Å². The van der Waals surface area contributed by atoms with Gasteiger partial charge in [-0.05, 0) is 12.8 Å². The summed E-state index contributed by atoms with van der Waals surface area (Å²) in [6.45, 7) is -0.0875. The second-order valence-corrected chi connectivity index (χ2v) is 6.22. The average molecular weight is 235 g/mol. The summed E-state index contributed by atoms with van der Waals surface area (Å²) in [5.41, 5.74) is 0. The predicted molar refractivity (Wildman–Crippen MR) is 50.7 cm³/mol. The molecule has 1 aliphatic heterocycles. The van der Waals surface area contributed by atoms with Crippen molar-refractivity contribution in [3.63, 3.8) is 0 Å². The molecule has 1 aliphatic carbocycles. The predicted octanol–water partition coefficient (Wildman–Crippen LogP) is -1.00. The van der Waals surface area contributed by atoms with Crippen LogP contribution in [0, 0.1) is 0 Å². The maximum atomic E-state index is 11.8. The fourth-order valence-electron chi connectivity index (χ4n) is 1.85. The number of carboxylic acid groups (broad SMARTS) is 1. The van der Waals surface area contributed by atoms with Crippen LogP contribution in [0.25, 0.3) is 0 Å². The molecule has 2 rings (SSSR count). The standard InChI is InChI=1S/C8H13NO5S/c10-5-3-7(8(11)12)9(4-5)15(13,14)6-1-2-6/h5-7,10H,1-4H2,(H,11,12)/t5-,7+/m1/s1. The van der Waals surface area contributed by atoms with E-state index < -0.39 is 33.4 Å². The van der Waals surface area contributed by atoms with E-state index in [1.54, 1.807) is 0 Å². The molecule has 0 radical (unpaired) electrons. The van der Waals surface area contributed by atoms with Crippen molar-refractivity contribution in [3.05, 3.63) is 0 Å². The molecular formula is C8H13NO5S. The van der Waals surface area contributed by atoms with Gasteiger partial charge in [0, 0.05) is 13.0 Å². The van der Waals surface area contributed by atoms with Gasteiger partial charge in [0.15, 0.2) is 0 Å². The molecule has 2 aliphatic rings. The van der Waals surface area contributed by atoms with Crippen LogP contribution in [0.3, 0.4) is 0 Å². The van der Waals surface area contributed by atoms with E-state index in [-0.39, 0.29) is 13.0 Å². The van der Waals surface area contributed by atoms with Crippen molar-refractivity contribution in [2.45, 2.75) is 36.7 Å². The van der Waals surface area contributed by atoms with E-state index in [1.165, 1.54) is 0 Å². The molecule has 0 bridgehead atoms. The van der Waals surface area contributed by atoms with Gasteiger partial charge in [-0.25, -0.2) is 8.42 Å². The van der Waals surface area contributed by atoms with E-state index in [4.69, 9.17) is 5.11 Å². The maximum Gasteiger partial charge on any atom is 0.322 e. The largest absolute Gasteiger partial charge is 0.480 e. The Bertz CT molecular complexity index is 374. The van der Waals surface area contributed by atoms with Crippen LogP contribution in [0.15, 0.2) is 0 Å². The van der Waals surface area contributed by atoms with Crippen molar-refractivity contribution in [2.24, 2.45) is 0 Å². The van der Waals surface area contributed by atoms with Gasteiger partial charge in [-0.3, -0.25) is 4.79 Å². The molecule has 1 saturated carbocycles. The average Bonchev–Trinajstić information content (AvgIpc) is 2.89. The molecule has 0 aromatic rings. The summed E-state index contributed by atoms with van der Waals surface area (Å²) >= 11 is 0. The van der Waals surface area contributed by atoms with E-state index in [0.717, 1.165) is 4.31 Å². The van der Waals surface area contributed by atoms with Gasteiger partial charge in [0.25, 0.3) is 0 Å². The molecule has 1 saturated heterocycles. The van der Waals surface area contributed by atoms with Gasteiger partial charge in [-0.1, -0.05) is 0 Å². The number of hydrogen-bond acceptors (Lipinski definition) is 4. The molecule has 6 nitrogen and oxygen atoms in total. The normalized spacial score (nSPS) is 33.1. The third kappa shape index (κ3) is 1.86. The highest BCUT2D eigenvalue weighted by molar-refractivity contribution is 7.90. The first-order chi connectivity index (χ1) is 6.93. The molecule has 2 atom stereocenters. The van der Waals surface area contributed by atoms with E-state index in [1.807, 2.05) is 0 Å². The summed E-state index contributed by atoms with van der Waals surface area (Å²) in [6.07, 6.45) is 0.323. The van der Waals surface area contributed by atoms with Crippen LogP contribution < -0.4 is 0 Å². The van der Waals surface area contributed by atoms with Crippen LogP contribution in [-0.2, 0) is 14.8 Å². The number of β-amino-alcohol motifs (C(OH)–C–C–N with tert-alkyl or cyclic N) is 1. The zero-order valence-corrected chi connectivity index (χ0v) is 8.85. The van der Waals surface area contributed by atoms with Gasteiger partial charge in [-0.15, -0.1) is 0 Å². The fraction of sp³-hybridized carbons (Fsp3) is 0.875. The number of hydrogen-bond donors (Lipinski definition) is 2. The fourth-order valence-corrected chi connectivity index (χ4v) is 3.87. The Kier molecular flexibility index (Phi) is 2.48. The monoisotopic (exact) mass is 235 g/mol. The van der Waals surface area contributed by atoms with Crippen molar-refractivity contribution in [1.82, 2.24) is 4.31 Å². The Balaban J connectivity index is 2.23. The molecule has 7 heteroatoms. The van der Waals surface area contributed by atoms with E-state index in [2.05, 4.69) is 0 Å². The molecule has 0 aromatic carbocycles. The summed E-state index contributed by atoms with van der Waals surface area (Å²) in [6, 6.07) is -1.09. The lowest BCUT2D eigenvalue weighted by Crippen LogP contribution is -2.42. The van der Waals surface area contributed by atoms with Crippen molar-refractivity contribution in [1.29, 1.82) is 0 Å². The summed E-state index contributed by atoms with van der Waals surface area (Å²) in [4.78, 5) is 10.8. The van der Waals surface area contributed by atoms with Crippen LogP contribution in [0.2, 0.25) is 0 Å². The molecule has 0 aromatic heterocycles. The number of sulfonamides is 1. The van der Waals surface area contributed by atoms with Crippen LogP contribution in [0.1, 0.15) is 19.3 Å². The molecule has 2 fully saturated rings. The van der Waals surface area contributed by atoms with Crippen LogP contribution in [-0.4, -0.2) is 52.8 Å². The SMILES string of the molecule is O=C(O)[C@@H]1C[C@@H](O)CN1S(=O)(=O)C1CC1. The highest BCUT2D eigenvalue weighted by Crippen LogP contribution is 2.34. The maximum absolute atomic E-state index is 11.8. The zero-order valence-electron chi connectivity index (χ0n) is 8.04. The lowest BCUT2D eigenvalue weighted by atomic mass is 10.2. The van der Waals surface area contributed by atoms with E-state index in [0.29, 0.717) is 12.8 Å². The highest BCUT2D eigenvalue weighted by Gasteiger charge is 2.48. The second kappa shape index (κ2) is 3.43. The summed E-state index contributed by atoms with van der Waals surface area (Å²) in [5, 5.41) is 17.7. The first-order valence-electron chi connectivity index (χ1n) is 4.84. The van der Waals surface area contributed by atoms with Crippen LogP contribution in [0.4, 0.5) is 0 Å². The molecule has 86 valence electrons. The number of aliphatic carboxylic acids is 1. The van der Waals surface area contributed by atoms with Crippen molar-refractivity contribution in [2.75, 3.05) is 6.54 Å². The molecular weight excluding hydrogens is 222 g/mol. The first kappa shape index (κ1) is 10.8.